The highest BCUT2D eigenvalue weighted by atomic mass is 32.2. The highest BCUT2D eigenvalue weighted by Crippen LogP contribution is 2.36. The van der Waals surface area contributed by atoms with Crippen LogP contribution < -0.4 is 15.0 Å². The van der Waals surface area contributed by atoms with Gasteiger partial charge in [0.15, 0.2) is 0 Å². The number of amides is 3. The lowest BCUT2D eigenvalue weighted by atomic mass is 10.1. The SMILES string of the molecule is CCN(CC)C(=O)c1ccc2c(c1)N(CC(=O)Nc1ccccc1OC)C(=O)CS2. The third-order valence-electron chi connectivity index (χ3n) is 4.88. The van der Waals surface area contributed by atoms with Crippen LogP contribution in [-0.4, -0.2) is 55.1 Å². The summed E-state index contributed by atoms with van der Waals surface area (Å²) in [6, 6.07) is 12.4. The number of hydrogen-bond acceptors (Lipinski definition) is 5. The lowest BCUT2D eigenvalue weighted by Gasteiger charge is -2.29. The highest BCUT2D eigenvalue weighted by molar-refractivity contribution is 8.00. The van der Waals surface area contributed by atoms with Crippen LogP contribution in [0.1, 0.15) is 24.2 Å². The smallest absolute Gasteiger partial charge is 0.253 e. The minimum absolute atomic E-state index is 0.0933. The number of anilines is 2. The fourth-order valence-corrected chi connectivity index (χ4v) is 4.20. The Bertz CT molecular complexity index is 959. The molecule has 0 bridgehead atoms. The molecule has 0 saturated carbocycles. The van der Waals surface area contributed by atoms with Gasteiger partial charge in [-0.1, -0.05) is 12.1 Å². The third-order valence-corrected chi connectivity index (χ3v) is 5.93. The first kappa shape index (κ1) is 21.7. The van der Waals surface area contributed by atoms with Crippen molar-refractivity contribution in [3.8, 4) is 5.75 Å². The van der Waals surface area contributed by atoms with Gasteiger partial charge in [0.25, 0.3) is 5.91 Å². The third kappa shape index (κ3) is 4.59. The second kappa shape index (κ2) is 9.67. The molecule has 0 spiro atoms. The Balaban J connectivity index is 1.84. The van der Waals surface area contributed by atoms with Crippen molar-refractivity contribution in [2.24, 2.45) is 0 Å². The molecule has 7 nitrogen and oxygen atoms in total. The van der Waals surface area contributed by atoms with Gasteiger partial charge in [-0.05, 0) is 44.2 Å². The first-order valence-corrected chi connectivity index (χ1v) is 10.8. The number of methoxy groups -OCH3 is 1. The van der Waals surface area contributed by atoms with E-state index in [1.807, 2.05) is 26.0 Å². The minimum Gasteiger partial charge on any atom is -0.495 e. The van der Waals surface area contributed by atoms with Crippen molar-refractivity contribution >= 4 is 40.9 Å². The summed E-state index contributed by atoms with van der Waals surface area (Å²) in [6.45, 7) is 4.91. The Kier molecular flexibility index (Phi) is 6.99. The summed E-state index contributed by atoms with van der Waals surface area (Å²) < 4.78 is 5.26. The lowest BCUT2D eigenvalue weighted by molar-refractivity contribution is -0.120. The van der Waals surface area contributed by atoms with Crippen molar-refractivity contribution < 1.29 is 19.1 Å². The van der Waals surface area contributed by atoms with E-state index < -0.39 is 0 Å². The van der Waals surface area contributed by atoms with E-state index >= 15 is 0 Å². The molecular weight excluding hydrogens is 402 g/mol. The average molecular weight is 428 g/mol. The van der Waals surface area contributed by atoms with Crippen molar-refractivity contribution in [1.29, 1.82) is 0 Å². The molecule has 1 aliphatic heterocycles. The molecule has 0 aliphatic carbocycles. The monoisotopic (exact) mass is 427 g/mol. The van der Waals surface area contributed by atoms with Gasteiger partial charge in [0.05, 0.1) is 24.2 Å². The van der Waals surface area contributed by atoms with E-state index in [4.69, 9.17) is 4.74 Å². The highest BCUT2D eigenvalue weighted by Gasteiger charge is 2.28. The molecule has 158 valence electrons. The van der Waals surface area contributed by atoms with Crippen LogP contribution in [0.2, 0.25) is 0 Å². The molecule has 0 atom stereocenters. The Morgan fingerprint density at radius 1 is 1.17 bits per heavy atom. The van der Waals surface area contributed by atoms with E-state index in [9.17, 15) is 14.4 Å². The first-order chi connectivity index (χ1) is 14.5. The van der Waals surface area contributed by atoms with Crippen LogP contribution in [0.3, 0.4) is 0 Å². The van der Waals surface area contributed by atoms with E-state index in [2.05, 4.69) is 5.32 Å². The maximum Gasteiger partial charge on any atom is 0.253 e. The topological polar surface area (TPSA) is 79.0 Å². The van der Waals surface area contributed by atoms with E-state index in [0.29, 0.717) is 35.8 Å². The molecule has 3 rings (SSSR count). The zero-order valence-electron chi connectivity index (χ0n) is 17.3. The van der Waals surface area contributed by atoms with Gasteiger partial charge < -0.3 is 19.9 Å². The number of thioether (sulfide) groups is 1. The average Bonchev–Trinajstić information content (AvgIpc) is 2.76. The largest absolute Gasteiger partial charge is 0.495 e. The predicted molar refractivity (Wildman–Crippen MR) is 118 cm³/mol. The number of hydrogen-bond donors (Lipinski definition) is 1. The predicted octanol–water partition coefficient (Wildman–Crippen LogP) is 3.25. The summed E-state index contributed by atoms with van der Waals surface area (Å²) in [6.07, 6.45) is 0. The number of fused-ring (bicyclic) bond motifs is 1. The standard InChI is InChI=1S/C22H25N3O4S/c1-4-24(5-2)22(28)15-10-11-19-17(12-15)25(21(27)14-30-19)13-20(26)23-16-8-6-7-9-18(16)29-3/h6-12H,4-5,13-14H2,1-3H3,(H,23,26). The van der Waals surface area contributed by atoms with Gasteiger partial charge in [-0.25, -0.2) is 0 Å². The molecule has 0 aromatic heterocycles. The molecule has 0 saturated heterocycles. The zero-order chi connectivity index (χ0) is 21.7. The summed E-state index contributed by atoms with van der Waals surface area (Å²) in [4.78, 5) is 42.1. The van der Waals surface area contributed by atoms with Crippen LogP contribution in [0, 0.1) is 0 Å². The number of nitrogens with zero attached hydrogens (tertiary/aromatic N) is 2. The van der Waals surface area contributed by atoms with Gasteiger partial charge in [-0.15, -0.1) is 11.8 Å². The first-order valence-electron chi connectivity index (χ1n) is 9.77. The molecule has 0 radical (unpaired) electrons. The van der Waals surface area contributed by atoms with Gasteiger partial charge >= 0.3 is 0 Å². The number of nitrogens with one attached hydrogen (secondary N) is 1. The number of carbonyl (C=O) groups excluding carboxylic acids is 3. The Labute approximate surface area is 180 Å². The van der Waals surface area contributed by atoms with Crippen LogP contribution in [0.15, 0.2) is 47.4 Å². The number of rotatable bonds is 7. The van der Waals surface area contributed by atoms with Crippen LogP contribution >= 0.6 is 11.8 Å². The molecular formula is C22H25N3O4S. The van der Waals surface area contributed by atoms with Gasteiger partial charge in [0.1, 0.15) is 12.3 Å². The molecule has 2 aromatic rings. The molecule has 1 aliphatic rings. The van der Waals surface area contributed by atoms with E-state index in [0.717, 1.165) is 4.90 Å². The second-order valence-electron chi connectivity index (χ2n) is 6.68. The quantitative estimate of drug-likeness (QED) is 0.734. The van der Waals surface area contributed by atoms with Gasteiger partial charge in [0.2, 0.25) is 11.8 Å². The molecule has 2 aromatic carbocycles. The summed E-state index contributed by atoms with van der Waals surface area (Å²) in [5.41, 5.74) is 1.63. The lowest BCUT2D eigenvalue weighted by Crippen LogP contribution is -2.41. The van der Waals surface area contributed by atoms with Crippen LogP contribution in [0.25, 0.3) is 0 Å². The van der Waals surface area contributed by atoms with Gasteiger partial charge in [-0.3, -0.25) is 14.4 Å². The second-order valence-corrected chi connectivity index (χ2v) is 7.69. The Hall–Kier alpha value is -3.00. The molecule has 3 amide bonds. The van der Waals surface area contributed by atoms with Gasteiger partial charge in [0, 0.05) is 23.5 Å². The Morgan fingerprint density at radius 3 is 2.60 bits per heavy atom. The van der Waals surface area contributed by atoms with Crippen molar-refractivity contribution in [3.63, 3.8) is 0 Å². The summed E-state index contributed by atoms with van der Waals surface area (Å²) in [5.74, 6) is 0.183. The molecule has 0 unspecified atom stereocenters. The van der Waals surface area contributed by atoms with Crippen LogP contribution in [0.4, 0.5) is 11.4 Å². The summed E-state index contributed by atoms with van der Waals surface area (Å²) in [5, 5.41) is 2.79. The molecule has 1 N–H and O–H groups in total. The molecule has 0 fully saturated rings. The number of carbonyl (C=O) groups is 3. The van der Waals surface area contributed by atoms with Crippen molar-refractivity contribution in [3.05, 3.63) is 48.0 Å². The maximum absolute atomic E-state index is 12.7. The zero-order valence-corrected chi connectivity index (χ0v) is 18.1. The molecule has 8 heteroatoms. The number of ether oxygens (including phenoxy) is 1. The van der Waals surface area contributed by atoms with E-state index in [1.54, 1.807) is 35.2 Å². The van der Waals surface area contributed by atoms with Crippen LogP contribution in [-0.2, 0) is 9.59 Å². The van der Waals surface area contributed by atoms with Crippen molar-refractivity contribution in [2.75, 3.05) is 42.7 Å². The summed E-state index contributed by atoms with van der Waals surface area (Å²) >= 11 is 1.41. The normalized spacial score (nSPS) is 12.9. The van der Waals surface area contributed by atoms with E-state index in [-0.39, 0.29) is 30.0 Å². The van der Waals surface area contributed by atoms with Crippen LogP contribution in [0.5, 0.6) is 5.75 Å². The van der Waals surface area contributed by atoms with Gasteiger partial charge in [-0.2, -0.15) is 0 Å². The number of benzene rings is 2. The fraction of sp³-hybridized carbons (Fsp3) is 0.318. The van der Waals surface area contributed by atoms with Crippen molar-refractivity contribution in [1.82, 2.24) is 4.90 Å². The minimum atomic E-state index is -0.342. The molecule has 30 heavy (non-hydrogen) atoms. The van der Waals surface area contributed by atoms with E-state index in [1.165, 1.54) is 23.8 Å². The number of para-hydroxylation sites is 2. The van der Waals surface area contributed by atoms with Crippen molar-refractivity contribution in [2.45, 2.75) is 18.7 Å². The molecule has 1 heterocycles. The fourth-order valence-electron chi connectivity index (χ4n) is 3.28. The Morgan fingerprint density at radius 2 is 1.90 bits per heavy atom. The summed E-state index contributed by atoms with van der Waals surface area (Å²) in [7, 11) is 1.53. The maximum atomic E-state index is 12.7.